The van der Waals surface area contributed by atoms with Gasteiger partial charge in [0.1, 0.15) is 0 Å². The molecule has 4 rings (SSSR count). The number of nitrogens with one attached hydrogen (secondary N) is 1. The lowest BCUT2D eigenvalue weighted by molar-refractivity contribution is 0.291. The zero-order valence-electron chi connectivity index (χ0n) is 16.3. The summed E-state index contributed by atoms with van der Waals surface area (Å²) in [5.41, 5.74) is 3.25. The van der Waals surface area contributed by atoms with Gasteiger partial charge in [0.25, 0.3) is 0 Å². The number of halogens is 1. The first-order chi connectivity index (χ1) is 14.1. The number of aromatic nitrogens is 1. The normalized spacial score (nSPS) is 15.6. The maximum absolute atomic E-state index is 5.82. The highest BCUT2D eigenvalue weighted by Gasteiger charge is 2.31. The van der Waals surface area contributed by atoms with Crippen LogP contribution in [0.15, 0.2) is 65.3 Å². The van der Waals surface area contributed by atoms with Crippen LogP contribution in [0.2, 0.25) is 0 Å². The summed E-state index contributed by atoms with van der Waals surface area (Å²) in [6, 6.07) is 18.3. The van der Waals surface area contributed by atoms with Gasteiger partial charge in [-0.15, -0.1) is 0 Å². The molecule has 2 heterocycles. The number of thiocarbonyl (C=S) groups is 1. The average Bonchev–Trinajstić information content (AvgIpc) is 3.21. The van der Waals surface area contributed by atoms with Gasteiger partial charge < -0.3 is 24.3 Å². The molecule has 0 amide bonds. The molecule has 29 heavy (non-hydrogen) atoms. The Hall–Kier alpha value is -2.51. The summed E-state index contributed by atoms with van der Waals surface area (Å²) in [7, 11) is 3.30. The van der Waals surface area contributed by atoms with Gasteiger partial charge in [-0.3, -0.25) is 0 Å². The highest BCUT2D eigenvalue weighted by atomic mass is 79.9. The molecule has 1 aliphatic heterocycles. The lowest BCUT2D eigenvalue weighted by Crippen LogP contribution is -2.44. The van der Waals surface area contributed by atoms with Crippen molar-refractivity contribution in [2.24, 2.45) is 0 Å². The van der Waals surface area contributed by atoms with Crippen LogP contribution in [0, 0.1) is 0 Å². The molecule has 1 atom stereocenters. The van der Waals surface area contributed by atoms with Crippen molar-refractivity contribution in [3.8, 4) is 11.5 Å². The number of methoxy groups -OCH3 is 2. The van der Waals surface area contributed by atoms with E-state index in [1.807, 2.05) is 36.4 Å². The lowest BCUT2D eigenvalue weighted by Gasteiger charge is -2.39. The number of ether oxygens (including phenoxy) is 2. The summed E-state index contributed by atoms with van der Waals surface area (Å²) < 4.78 is 14.2. The Kier molecular flexibility index (Phi) is 5.78. The maximum Gasteiger partial charge on any atom is 0.174 e. The monoisotopic (exact) mass is 471 g/mol. The summed E-state index contributed by atoms with van der Waals surface area (Å²) in [4.78, 5) is 2.23. The first kappa shape index (κ1) is 19.8. The van der Waals surface area contributed by atoms with Crippen LogP contribution in [-0.4, -0.2) is 35.3 Å². The summed E-state index contributed by atoms with van der Waals surface area (Å²) >= 11 is 9.34. The van der Waals surface area contributed by atoms with E-state index < -0.39 is 0 Å². The zero-order chi connectivity index (χ0) is 20.4. The molecule has 0 spiro atoms. The van der Waals surface area contributed by atoms with Crippen molar-refractivity contribution in [3.63, 3.8) is 0 Å². The Morgan fingerprint density at radius 2 is 1.86 bits per heavy atom. The number of hydrogen-bond acceptors (Lipinski definition) is 3. The fraction of sp³-hybridized carbons (Fsp3) is 0.227. The van der Waals surface area contributed by atoms with Crippen LogP contribution in [0.25, 0.3) is 0 Å². The highest BCUT2D eigenvalue weighted by Crippen LogP contribution is 2.37. The fourth-order valence-electron chi connectivity index (χ4n) is 3.74. The summed E-state index contributed by atoms with van der Waals surface area (Å²) in [5, 5.41) is 4.08. The quantitative estimate of drug-likeness (QED) is 0.537. The Morgan fingerprint density at radius 3 is 2.62 bits per heavy atom. The molecular weight excluding hydrogens is 450 g/mol. The predicted molar refractivity (Wildman–Crippen MR) is 123 cm³/mol. The van der Waals surface area contributed by atoms with Crippen molar-refractivity contribution < 1.29 is 9.47 Å². The third kappa shape index (κ3) is 3.97. The number of nitrogens with zero attached hydrogens (tertiary/aromatic N) is 2. The largest absolute Gasteiger partial charge is 0.493 e. The number of fused-ring (bicyclic) bond motifs is 1. The van der Waals surface area contributed by atoms with Gasteiger partial charge in [0.05, 0.1) is 20.3 Å². The molecule has 1 unspecified atom stereocenters. The number of benzene rings is 2. The van der Waals surface area contributed by atoms with Gasteiger partial charge in [-0.1, -0.05) is 28.1 Å². The van der Waals surface area contributed by atoms with Gasteiger partial charge in [0.15, 0.2) is 16.6 Å². The minimum Gasteiger partial charge on any atom is -0.493 e. The first-order valence-corrected chi connectivity index (χ1v) is 10.5. The van der Waals surface area contributed by atoms with E-state index in [4.69, 9.17) is 21.7 Å². The van der Waals surface area contributed by atoms with E-state index in [2.05, 4.69) is 55.1 Å². The molecule has 1 N–H and O–H groups in total. The van der Waals surface area contributed by atoms with Crippen molar-refractivity contribution in [1.29, 1.82) is 0 Å². The smallest absolute Gasteiger partial charge is 0.174 e. The molecule has 0 saturated carbocycles. The molecule has 7 heteroatoms. The summed E-state index contributed by atoms with van der Waals surface area (Å²) in [6.45, 7) is 1.69. The van der Waals surface area contributed by atoms with Crippen LogP contribution in [-0.2, 0) is 6.54 Å². The third-order valence-electron chi connectivity index (χ3n) is 5.10. The van der Waals surface area contributed by atoms with Gasteiger partial charge >= 0.3 is 0 Å². The molecule has 3 aromatic rings. The van der Waals surface area contributed by atoms with Crippen molar-refractivity contribution in [3.05, 3.63) is 76.5 Å². The second-order valence-corrected chi connectivity index (χ2v) is 8.08. The Labute approximate surface area is 184 Å². The van der Waals surface area contributed by atoms with E-state index in [1.165, 1.54) is 5.69 Å². The van der Waals surface area contributed by atoms with Crippen molar-refractivity contribution >= 4 is 38.9 Å². The Bertz CT molecular complexity index is 1040. The topological polar surface area (TPSA) is 38.7 Å². The van der Waals surface area contributed by atoms with Gasteiger partial charge in [-0.05, 0) is 60.2 Å². The van der Waals surface area contributed by atoms with Gasteiger partial charge in [-0.2, -0.15) is 0 Å². The minimum absolute atomic E-state index is 0.0225. The maximum atomic E-state index is 5.82. The van der Waals surface area contributed by atoms with Crippen LogP contribution in [0.4, 0.5) is 5.69 Å². The Morgan fingerprint density at radius 1 is 1.03 bits per heavy atom. The van der Waals surface area contributed by atoms with Crippen molar-refractivity contribution in [2.45, 2.75) is 12.6 Å². The lowest BCUT2D eigenvalue weighted by atomic mass is 9.99. The first-order valence-electron chi connectivity index (χ1n) is 9.31. The summed E-state index contributed by atoms with van der Waals surface area (Å²) in [6.07, 6.45) is 2.12. The molecule has 0 radical (unpaired) electrons. The second-order valence-electron chi connectivity index (χ2n) is 6.78. The van der Waals surface area contributed by atoms with Crippen LogP contribution in [0.5, 0.6) is 11.5 Å². The van der Waals surface area contributed by atoms with Crippen LogP contribution < -0.4 is 14.8 Å². The second kappa shape index (κ2) is 8.47. The molecule has 0 bridgehead atoms. The van der Waals surface area contributed by atoms with Gasteiger partial charge in [-0.25, -0.2) is 0 Å². The summed E-state index contributed by atoms with van der Waals surface area (Å²) in [5.74, 6) is 1.42. The standard InChI is InChI=1S/C22H22BrN3O2S/c1-27-19-9-8-15(13-20(19)28-2)21-18-7-4-10-25(18)11-12-26(21)22(29)24-17-6-3-5-16(23)14-17/h3-10,13-14,21H,11-12H2,1-2H3,(H,24,29). The average molecular weight is 472 g/mol. The molecule has 5 nitrogen and oxygen atoms in total. The van der Waals surface area contributed by atoms with E-state index >= 15 is 0 Å². The SMILES string of the molecule is COc1ccc(C2c3cccn3CCN2C(=S)Nc2cccc(Br)c2)cc1OC. The van der Waals surface area contributed by atoms with Crippen LogP contribution in [0.3, 0.4) is 0 Å². The highest BCUT2D eigenvalue weighted by molar-refractivity contribution is 9.10. The van der Waals surface area contributed by atoms with E-state index in [1.54, 1.807) is 14.2 Å². The zero-order valence-corrected chi connectivity index (χ0v) is 18.7. The van der Waals surface area contributed by atoms with Crippen molar-refractivity contribution in [1.82, 2.24) is 9.47 Å². The third-order valence-corrected chi connectivity index (χ3v) is 5.93. The van der Waals surface area contributed by atoms with Crippen LogP contribution in [0.1, 0.15) is 17.3 Å². The molecule has 0 fully saturated rings. The Balaban J connectivity index is 1.70. The number of anilines is 1. The molecule has 150 valence electrons. The minimum atomic E-state index is -0.0225. The van der Waals surface area contributed by atoms with E-state index in [0.29, 0.717) is 16.6 Å². The van der Waals surface area contributed by atoms with Crippen molar-refractivity contribution in [2.75, 3.05) is 26.1 Å². The fourth-order valence-corrected chi connectivity index (χ4v) is 4.45. The van der Waals surface area contributed by atoms with Gasteiger partial charge in [0.2, 0.25) is 0 Å². The number of rotatable bonds is 4. The van der Waals surface area contributed by atoms with Gasteiger partial charge in [0, 0.05) is 35.1 Å². The molecular formula is C22H22BrN3O2S. The molecule has 0 aliphatic carbocycles. The molecule has 2 aromatic carbocycles. The molecule has 0 saturated heterocycles. The van der Waals surface area contributed by atoms with E-state index in [-0.39, 0.29) is 6.04 Å². The predicted octanol–water partition coefficient (Wildman–Crippen LogP) is 5.07. The molecule has 1 aromatic heterocycles. The number of hydrogen-bond donors (Lipinski definition) is 1. The van der Waals surface area contributed by atoms with E-state index in [9.17, 15) is 0 Å². The van der Waals surface area contributed by atoms with E-state index in [0.717, 1.165) is 28.8 Å². The molecule has 1 aliphatic rings. The van der Waals surface area contributed by atoms with Crippen LogP contribution >= 0.6 is 28.1 Å².